The number of nitrogens with one attached hydrogen (secondary N) is 1. The Balaban J connectivity index is 1.25. The fourth-order valence-electron chi connectivity index (χ4n) is 6.22. The van der Waals surface area contributed by atoms with Gasteiger partial charge in [-0.3, -0.25) is 0 Å². The second-order valence-electron chi connectivity index (χ2n) is 12.5. The number of unbranched alkanes of at least 4 members (excludes halogenated alkanes) is 3. The number of ether oxygens (including phenoxy) is 3. The van der Waals surface area contributed by atoms with E-state index in [0.717, 1.165) is 60.3 Å². The molecule has 0 saturated heterocycles. The highest BCUT2D eigenvalue weighted by Crippen LogP contribution is 2.32. The average molecular weight is 686 g/mol. The summed E-state index contributed by atoms with van der Waals surface area (Å²) in [4.78, 5) is 24.3. The van der Waals surface area contributed by atoms with Crippen molar-refractivity contribution < 1.29 is 37.1 Å². The molecule has 1 aliphatic rings. The Hall–Kier alpha value is -2.92. The van der Waals surface area contributed by atoms with Crippen molar-refractivity contribution in [1.29, 1.82) is 0 Å². The number of benzene rings is 2. The predicted octanol–water partition coefficient (Wildman–Crippen LogP) is 8.72. The zero-order valence-electron chi connectivity index (χ0n) is 29.8. The first-order valence-corrected chi connectivity index (χ1v) is 20.2. The largest absolute Gasteiger partial charge is 0.502 e. The number of hydrogen-bond donors (Lipinski definition) is 1. The van der Waals surface area contributed by atoms with Crippen molar-refractivity contribution in [1.82, 2.24) is 5.32 Å². The Labute approximate surface area is 289 Å². The van der Waals surface area contributed by atoms with E-state index >= 15 is 0 Å². The summed E-state index contributed by atoms with van der Waals surface area (Å²) in [6.45, 7) is 11.3. The first-order valence-electron chi connectivity index (χ1n) is 18.2. The molecule has 0 radical (unpaired) electrons. The molecule has 3 rings (SSSR count). The molecule has 0 spiro atoms. The van der Waals surface area contributed by atoms with Gasteiger partial charge in [-0.15, -0.1) is 0 Å². The van der Waals surface area contributed by atoms with Gasteiger partial charge in [0.2, 0.25) is 0 Å². The summed E-state index contributed by atoms with van der Waals surface area (Å²) < 4.78 is 34.2. The molecule has 1 aliphatic carbocycles. The van der Waals surface area contributed by atoms with Crippen LogP contribution in [0.15, 0.2) is 42.5 Å². The Morgan fingerprint density at radius 1 is 0.792 bits per heavy atom. The highest BCUT2D eigenvalue weighted by molar-refractivity contribution is 6.60. The molecule has 1 saturated carbocycles. The molecule has 2 aromatic carbocycles. The second-order valence-corrected chi connectivity index (χ2v) is 15.2. The van der Waals surface area contributed by atoms with E-state index in [1.165, 1.54) is 44.6 Å². The van der Waals surface area contributed by atoms with E-state index in [9.17, 15) is 9.59 Å². The third kappa shape index (κ3) is 14.7. The quantitative estimate of drug-likeness (QED) is 0.0537. The van der Waals surface area contributed by atoms with E-state index in [1.54, 1.807) is 6.08 Å². The van der Waals surface area contributed by atoms with Crippen LogP contribution in [-0.4, -0.2) is 67.1 Å². The van der Waals surface area contributed by atoms with Gasteiger partial charge in [0, 0.05) is 38.5 Å². The third-order valence-electron chi connectivity index (χ3n) is 8.71. The molecule has 1 fully saturated rings. The van der Waals surface area contributed by atoms with Crippen molar-refractivity contribution in [2.75, 3.05) is 46.2 Å². The van der Waals surface area contributed by atoms with Gasteiger partial charge in [-0.25, -0.2) is 9.59 Å². The maximum absolute atomic E-state index is 12.2. The maximum Gasteiger partial charge on any atom is 0.502 e. The highest BCUT2D eigenvalue weighted by atomic mass is 28.4. The first-order chi connectivity index (χ1) is 23.4. The summed E-state index contributed by atoms with van der Waals surface area (Å²) in [5, 5.41) is 4.98. The first kappa shape index (κ1) is 39.5. The van der Waals surface area contributed by atoms with Crippen LogP contribution in [0.25, 0.3) is 16.8 Å². The van der Waals surface area contributed by atoms with Gasteiger partial charge in [-0.05, 0) is 112 Å². The SMILES string of the molecule is CCC[C@H]1CC[C@@H](COc2ccc3cc(/C=C/C(=O)OCCCCCCOC(=O)NCC[Si](OCC)(OCC)OCC)ccc3c2)CC1. The smallest absolute Gasteiger partial charge is 0.493 e. The van der Waals surface area contributed by atoms with E-state index in [-0.39, 0.29) is 5.97 Å². The van der Waals surface area contributed by atoms with E-state index in [1.807, 2.05) is 32.9 Å². The number of esters is 1. The molecule has 0 atom stereocenters. The number of alkyl carbamates (subject to hydrolysis) is 1. The third-order valence-corrected chi connectivity index (χ3v) is 11.8. The number of carbonyl (C=O) groups is 2. The molecule has 0 aliphatic heterocycles. The summed E-state index contributed by atoms with van der Waals surface area (Å²) in [5.74, 6) is 2.14. The van der Waals surface area contributed by atoms with Gasteiger partial charge in [-0.1, -0.05) is 50.8 Å². The van der Waals surface area contributed by atoms with Crippen LogP contribution in [0, 0.1) is 11.8 Å². The van der Waals surface area contributed by atoms with Crippen LogP contribution in [0.3, 0.4) is 0 Å². The standard InChI is InChI=1S/C38H59NO8Si/c1-5-13-31-14-16-33(17-15-31)30-44-36-22-21-34-28-32(18-20-35(34)29-36)19-23-37(40)42-25-11-9-10-12-26-43-38(41)39-24-27-48(45-6-2,46-7-3)47-8-4/h18-23,28-29,31,33H,5-17,24-27,30H2,1-4H3,(H,39,41)/b23-19+/t31-,33+. The molecule has 10 heteroatoms. The van der Waals surface area contributed by atoms with Crippen molar-refractivity contribution in [2.24, 2.45) is 11.8 Å². The highest BCUT2D eigenvalue weighted by Gasteiger charge is 2.40. The van der Waals surface area contributed by atoms with Crippen LogP contribution in [0.5, 0.6) is 5.75 Å². The molecule has 0 aromatic heterocycles. The zero-order valence-corrected chi connectivity index (χ0v) is 30.8. The minimum absolute atomic E-state index is 0.333. The predicted molar refractivity (Wildman–Crippen MR) is 193 cm³/mol. The molecule has 1 N–H and O–H groups in total. The van der Waals surface area contributed by atoms with Crippen LogP contribution < -0.4 is 10.1 Å². The van der Waals surface area contributed by atoms with Gasteiger partial charge in [0.15, 0.2) is 0 Å². The van der Waals surface area contributed by atoms with Crippen molar-refractivity contribution in [3.8, 4) is 5.75 Å². The molecule has 48 heavy (non-hydrogen) atoms. The van der Waals surface area contributed by atoms with Crippen LogP contribution >= 0.6 is 0 Å². The lowest BCUT2D eigenvalue weighted by molar-refractivity contribution is -0.137. The normalized spacial score (nSPS) is 16.7. The fourth-order valence-corrected chi connectivity index (χ4v) is 8.66. The lowest BCUT2D eigenvalue weighted by atomic mass is 9.80. The molecule has 0 unspecified atom stereocenters. The van der Waals surface area contributed by atoms with E-state index in [0.29, 0.717) is 51.5 Å². The Bertz CT molecular complexity index is 1230. The van der Waals surface area contributed by atoms with Gasteiger partial charge >= 0.3 is 20.9 Å². The number of hydrogen-bond acceptors (Lipinski definition) is 8. The van der Waals surface area contributed by atoms with Crippen molar-refractivity contribution in [3.05, 3.63) is 48.0 Å². The summed E-state index contributed by atoms with van der Waals surface area (Å²) in [6, 6.07) is 12.8. The zero-order chi connectivity index (χ0) is 34.5. The van der Waals surface area contributed by atoms with E-state index < -0.39 is 14.9 Å². The number of fused-ring (bicyclic) bond motifs is 1. The summed E-state index contributed by atoms with van der Waals surface area (Å²) in [7, 11) is -2.79. The van der Waals surface area contributed by atoms with Crippen LogP contribution in [0.2, 0.25) is 6.04 Å². The molecular formula is C38H59NO8Si. The van der Waals surface area contributed by atoms with Crippen molar-refractivity contribution >= 4 is 37.7 Å². The summed E-state index contributed by atoms with van der Waals surface area (Å²) in [6.07, 6.45) is 13.9. The number of rotatable bonds is 23. The number of amides is 1. The monoisotopic (exact) mass is 685 g/mol. The topological polar surface area (TPSA) is 102 Å². The second kappa shape index (κ2) is 22.7. The van der Waals surface area contributed by atoms with Crippen LogP contribution in [0.4, 0.5) is 4.79 Å². The van der Waals surface area contributed by atoms with E-state index in [4.69, 9.17) is 27.5 Å². The van der Waals surface area contributed by atoms with Gasteiger partial charge < -0.3 is 32.8 Å². The molecule has 2 aromatic rings. The summed E-state index contributed by atoms with van der Waals surface area (Å²) in [5.41, 5.74) is 0.945. The average Bonchev–Trinajstić information content (AvgIpc) is 3.08. The van der Waals surface area contributed by atoms with Crippen LogP contribution in [0.1, 0.15) is 97.5 Å². The fraction of sp³-hybridized carbons (Fsp3) is 0.632. The Morgan fingerprint density at radius 2 is 1.42 bits per heavy atom. The Kier molecular flexibility index (Phi) is 18.7. The van der Waals surface area contributed by atoms with Gasteiger partial charge in [0.05, 0.1) is 19.8 Å². The van der Waals surface area contributed by atoms with Gasteiger partial charge in [-0.2, -0.15) is 0 Å². The van der Waals surface area contributed by atoms with Gasteiger partial charge in [0.1, 0.15) is 5.75 Å². The molecule has 268 valence electrons. The lowest BCUT2D eigenvalue weighted by Gasteiger charge is -2.28. The van der Waals surface area contributed by atoms with Gasteiger partial charge in [0.25, 0.3) is 0 Å². The Morgan fingerprint density at radius 3 is 2.08 bits per heavy atom. The molecule has 1 amide bonds. The molecule has 0 heterocycles. The van der Waals surface area contributed by atoms with Crippen LogP contribution in [-0.2, 0) is 27.5 Å². The molecular weight excluding hydrogens is 627 g/mol. The minimum Gasteiger partial charge on any atom is -0.493 e. The molecule has 0 bridgehead atoms. The summed E-state index contributed by atoms with van der Waals surface area (Å²) >= 11 is 0. The lowest BCUT2D eigenvalue weighted by Crippen LogP contribution is -2.48. The van der Waals surface area contributed by atoms with E-state index in [2.05, 4.69) is 36.5 Å². The maximum atomic E-state index is 12.2. The molecule has 9 nitrogen and oxygen atoms in total. The van der Waals surface area contributed by atoms with Crippen molar-refractivity contribution in [2.45, 2.75) is 97.9 Å². The minimum atomic E-state index is -2.79. The number of carbonyl (C=O) groups excluding carboxylic acids is 2. The van der Waals surface area contributed by atoms with Crippen molar-refractivity contribution in [3.63, 3.8) is 0 Å².